The van der Waals surface area contributed by atoms with Crippen LogP contribution in [0.5, 0.6) is 5.75 Å². The van der Waals surface area contributed by atoms with Gasteiger partial charge in [-0.25, -0.2) is 4.98 Å². The third-order valence-corrected chi connectivity index (χ3v) is 4.20. The molecule has 1 aromatic heterocycles. The van der Waals surface area contributed by atoms with E-state index in [2.05, 4.69) is 22.2 Å². The van der Waals surface area contributed by atoms with Crippen LogP contribution in [0.3, 0.4) is 0 Å². The molecule has 130 valence electrons. The summed E-state index contributed by atoms with van der Waals surface area (Å²) >= 11 is 0. The molecule has 0 radical (unpaired) electrons. The standard InChI is InChI=1S/C20H23N3O2/c1-12-9-16(10-13(2)19(12)25-15(4)24)11-21-14(3)20-22-17-7-5-6-8-18(17)23-20/h5-10,14,21H,11H2,1-4H3,(H,22,23)/t14-/m0/s1. The van der Waals surface area contributed by atoms with Gasteiger partial charge < -0.3 is 15.0 Å². The van der Waals surface area contributed by atoms with Gasteiger partial charge in [0, 0.05) is 13.5 Å². The minimum absolute atomic E-state index is 0.0983. The number of ether oxygens (including phenoxy) is 1. The summed E-state index contributed by atoms with van der Waals surface area (Å²) in [7, 11) is 0. The van der Waals surface area contributed by atoms with E-state index in [0.717, 1.165) is 33.5 Å². The van der Waals surface area contributed by atoms with Crippen LogP contribution in [0.25, 0.3) is 11.0 Å². The van der Waals surface area contributed by atoms with Crippen molar-refractivity contribution in [1.29, 1.82) is 0 Å². The molecule has 3 aromatic rings. The van der Waals surface area contributed by atoms with Gasteiger partial charge in [0.2, 0.25) is 0 Å². The number of H-pyrrole nitrogens is 1. The van der Waals surface area contributed by atoms with Gasteiger partial charge in [0.1, 0.15) is 11.6 Å². The summed E-state index contributed by atoms with van der Waals surface area (Å²) in [5.41, 5.74) is 5.09. The van der Waals surface area contributed by atoms with Crippen LogP contribution in [0.15, 0.2) is 36.4 Å². The zero-order valence-corrected chi connectivity index (χ0v) is 15.0. The molecule has 0 spiro atoms. The van der Waals surface area contributed by atoms with Crippen molar-refractivity contribution >= 4 is 17.0 Å². The number of fused-ring (bicyclic) bond motifs is 1. The molecule has 0 saturated heterocycles. The number of carbonyl (C=O) groups is 1. The number of aromatic nitrogens is 2. The van der Waals surface area contributed by atoms with E-state index in [0.29, 0.717) is 12.3 Å². The van der Waals surface area contributed by atoms with Gasteiger partial charge in [0.25, 0.3) is 0 Å². The highest BCUT2D eigenvalue weighted by molar-refractivity contribution is 5.74. The fourth-order valence-corrected chi connectivity index (χ4v) is 2.99. The Labute approximate surface area is 147 Å². The van der Waals surface area contributed by atoms with E-state index >= 15 is 0 Å². The first-order valence-electron chi connectivity index (χ1n) is 8.40. The maximum Gasteiger partial charge on any atom is 0.308 e. The van der Waals surface area contributed by atoms with Gasteiger partial charge in [-0.05, 0) is 49.6 Å². The van der Waals surface area contributed by atoms with E-state index in [1.54, 1.807) is 0 Å². The molecule has 0 unspecified atom stereocenters. The number of carbonyl (C=O) groups excluding carboxylic acids is 1. The third-order valence-electron chi connectivity index (χ3n) is 4.20. The van der Waals surface area contributed by atoms with Crippen LogP contribution >= 0.6 is 0 Å². The van der Waals surface area contributed by atoms with E-state index in [9.17, 15) is 4.79 Å². The molecular formula is C20H23N3O2. The second-order valence-corrected chi connectivity index (χ2v) is 6.39. The molecule has 0 aliphatic heterocycles. The number of aromatic amines is 1. The molecule has 1 atom stereocenters. The van der Waals surface area contributed by atoms with E-state index in [4.69, 9.17) is 4.74 Å². The molecule has 0 amide bonds. The van der Waals surface area contributed by atoms with E-state index in [1.165, 1.54) is 6.92 Å². The van der Waals surface area contributed by atoms with Crippen molar-refractivity contribution in [3.05, 3.63) is 58.9 Å². The topological polar surface area (TPSA) is 67.0 Å². The Morgan fingerprint density at radius 1 is 1.24 bits per heavy atom. The Bertz CT molecular complexity index is 858. The van der Waals surface area contributed by atoms with Crippen LogP contribution in [0, 0.1) is 13.8 Å². The zero-order chi connectivity index (χ0) is 18.0. The van der Waals surface area contributed by atoms with Gasteiger partial charge in [-0.15, -0.1) is 0 Å². The number of para-hydroxylation sites is 2. The molecule has 25 heavy (non-hydrogen) atoms. The maximum absolute atomic E-state index is 11.2. The second kappa shape index (κ2) is 7.07. The van der Waals surface area contributed by atoms with Crippen LogP contribution < -0.4 is 10.1 Å². The number of hydrogen-bond acceptors (Lipinski definition) is 4. The quantitative estimate of drug-likeness (QED) is 0.546. The summed E-state index contributed by atoms with van der Waals surface area (Å²) in [4.78, 5) is 19.2. The number of nitrogens with zero attached hydrogens (tertiary/aromatic N) is 1. The first-order valence-corrected chi connectivity index (χ1v) is 8.40. The van der Waals surface area contributed by atoms with Gasteiger partial charge in [-0.3, -0.25) is 4.79 Å². The van der Waals surface area contributed by atoms with Crippen LogP contribution in [0.2, 0.25) is 0 Å². The number of rotatable bonds is 5. The molecule has 1 heterocycles. The Morgan fingerprint density at radius 3 is 2.56 bits per heavy atom. The summed E-state index contributed by atoms with van der Waals surface area (Å²) in [6.07, 6.45) is 0. The molecular weight excluding hydrogens is 314 g/mol. The van der Waals surface area contributed by atoms with Crippen molar-refractivity contribution in [3.8, 4) is 5.75 Å². The largest absolute Gasteiger partial charge is 0.426 e. The predicted molar refractivity (Wildman–Crippen MR) is 98.6 cm³/mol. The number of hydrogen-bond donors (Lipinski definition) is 2. The molecule has 0 aliphatic carbocycles. The first kappa shape index (κ1) is 17.2. The Balaban J connectivity index is 1.71. The van der Waals surface area contributed by atoms with Gasteiger partial charge in [0.15, 0.2) is 0 Å². The molecule has 3 rings (SSSR count). The van der Waals surface area contributed by atoms with Crippen LogP contribution in [0.4, 0.5) is 0 Å². The van der Waals surface area contributed by atoms with Gasteiger partial charge in [-0.2, -0.15) is 0 Å². The van der Waals surface area contributed by atoms with Gasteiger partial charge in [0.05, 0.1) is 17.1 Å². The lowest BCUT2D eigenvalue weighted by molar-refractivity contribution is -0.131. The number of benzene rings is 2. The van der Waals surface area contributed by atoms with E-state index in [1.807, 2.05) is 50.2 Å². The van der Waals surface area contributed by atoms with Crippen molar-refractivity contribution in [2.75, 3.05) is 0 Å². The minimum Gasteiger partial charge on any atom is -0.426 e. The normalized spacial score (nSPS) is 12.3. The predicted octanol–water partition coefficient (Wildman–Crippen LogP) is 3.96. The van der Waals surface area contributed by atoms with Crippen molar-refractivity contribution < 1.29 is 9.53 Å². The number of esters is 1. The number of nitrogens with one attached hydrogen (secondary N) is 2. The van der Waals surface area contributed by atoms with Crippen molar-refractivity contribution in [2.45, 2.75) is 40.3 Å². The SMILES string of the molecule is CC(=O)Oc1c(C)cc(CN[C@@H](C)c2nc3ccccc3[nH]2)cc1C. The second-order valence-electron chi connectivity index (χ2n) is 6.39. The average Bonchev–Trinajstić information content (AvgIpc) is 3.00. The Hall–Kier alpha value is -2.66. The molecule has 2 N–H and O–H groups in total. The van der Waals surface area contributed by atoms with Crippen molar-refractivity contribution in [1.82, 2.24) is 15.3 Å². The highest BCUT2D eigenvalue weighted by atomic mass is 16.5. The smallest absolute Gasteiger partial charge is 0.308 e. The first-order chi connectivity index (χ1) is 11.9. The molecule has 0 bridgehead atoms. The summed E-state index contributed by atoms with van der Waals surface area (Å²) in [6.45, 7) is 8.13. The molecule has 0 saturated carbocycles. The van der Waals surface area contributed by atoms with Gasteiger partial charge >= 0.3 is 5.97 Å². The lowest BCUT2D eigenvalue weighted by Gasteiger charge is -2.14. The minimum atomic E-state index is -0.296. The lowest BCUT2D eigenvalue weighted by Crippen LogP contribution is -2.19. The molecule has 2 aromatic carbocycles. The number of aryl methyl sites for hydroxylation is 2. The van der Waals surface area contributed by atoms with E-state index < -0.39 is 0 Å². The summed E-state index contributed by atoms with van der Waals surface area (Å²) in [5, 5.41) is 3.49. The van der Waals surface area contributed by atoms with E-state index in [-0.39, 0.29) is 12.0 Å². The number of imidazole rings is 1. The maximum atomic E-state index is 11.2. The Kier molecular flexibility index (Phi) is 4.86. The van der Waals surface area contributed by atoms with Crippen molar-refractivity contribution in [2.24, 2.45) is 0 Å². The highest BCUT2D eigenvalue weighted by Crippen LogP contribution is 2.25. The summed E-state index contributed by atoms with van der Waals surface area (Å²) in [6, 6.07) is 12.2. The zero-order valence-electron chi connectivity index (χ0n) is 15.0. The van der Waals surface area contributed by atoms with Crippen molar-refractivity contribution in [3.63, 3.8) is 0 Å². The monoisotopic (exact) mass is 337 g/mol. The van der Waals surface area contributed by atoms with Crippen LogP contribution in [-0.4, -0.2) is 15.9 Å². The fourth-order valence-electron chi connectivity index (χ4n) is 2.99. The fraction of sp³-hybridized carbons (Fsp3) is 0.300. The molecule has 0 aliphatic rings. The molecule has 0 fully saturated rings. The molecule has 5 nitrogen and oxygen atoms in total. The Morgan fingerprint density at radius 2 is 1.92 bits per heavy atom. The lowest BCUT2D eigenvalue weighted by atomic mass is 10.1. The average molecular weight is 337 g/mol. The third kappa shape index (κ3) is 3.88. The van der Waals surface area contributed by atoms with Crippen LogP contribution in [-0.2, 0) is 11.3 Å². The summed E-state index contributed by atoms with van der Waals surface area (Å²) < 4.78 is 5.29. The van der Waals surface area contributed by atoms with Gasteiger partial charge in [-0.1, -0.05) is 24.3 Å². The highest BCUT2D eigenvalue weighted by Gasteiger charge is 2.12. The van der Waals surface area contributed by atoms with Crippen LogP contribution in [0.1, 0.15) is 42.4 Å². The molecule has 5 heteroatoms. The summed E-state index contributed by atoms with van der Waals surface area (Å²) in [5.74, 6) is 1.28.